The number of rotatable bonds is 8. The molecule has 0 aliphatic heterocycles. The van der Waals surface area contributed by atoms with Crippen molar-refractivity contribution in [3.05, 3.63) is 35.4 Å². The Morgan fingerprint density at radius 2 is 1.86 bits per heavy atom. The van der Waals surface area contributed by atoms with E-state index in [1.807, 2.05) is 6.92 Å². The van der Waals surface area contributed by atoms with E-state index in [-0.39, 0.29) is 18.1 Å². The molecule has 0 saturated carbocycles. The lowest BCUT2D eigenvalue weighted by Crippen LogP contribution is -2.43. The van der Waals surface area contributed by atoms with Gasteiger partial charge in [0.15, 0.2) is 6.04 Å². The molecular formula is C15H20N2O5. The van der Waals surface area contributed by atoms with Gasteiger partial charge >= 0.3 is 5.97 Å². The van der Waals surface area contributed by atoms with Crippen molar-refractivity contribution in [3.63, 3.8) is 0 Å². The van der Waals surface area contributed by atoms with Crippen molar-refractivity contribution in [2.24, 2.45) is 0 Å². The Hall–Kier alpha value is -2.41. The monoisotopic (exact) mass is 308 g/mol. The topological polar surface area (TPSA) is 105 Å². The molecule has 0 aliphatic rings. The molecule has 2 amide bonds. The second-order valence-corrected chi connectivity index (χ2v) is 4.66. The summed E-state index contributed by atoms with van der Waals surface area (Å²) in [6.45, 7) is 2.34. The standard InChI is InChI=1S/C15H20N2O5/c1-3-7-16-13(18)10-5-4-6-11(8-10)14(19)17-12(9-22-2)15(20)21/h4-6,8,12H,3,7,9H2,1-2H3,(H,16,18)(H,17,19)(H,20,21). The van der Waals surface area contributed by atoms with E-state index in [0.29, 0.717) is 12.1 Å². The van der Waals surface area contributed by atoms with Gasteiger partial charge in [-0.1, -0.05) is 13.0 Å². The number of carbonyl (C=O) groups excluding carboxylic acids is 2. The number of aliphatic carboxylic acids is 1. The van der Waals surface area contributed by atoms with Gasteiger partial charge in [-0.05, 0) is 24.6 Å². The number of amides is 2. The first-order chi connectivity index (χ1) is 10.5. The van der Waals surface area contributed by atoms with Crippen LogP contribution in [0.25, 0.3) is 0 Å². The lowest BCUT2D eigenvalue weighted by atomic mass is 10.1. The lowest BCUT2D eigenvalue weighted by Gasteiger charge is -2.13. The molecule has 0 radical (unpaired) electrons. The number of hydrogen-bond acceptors (Lipinski definition) is 4. The first-order valence-corrected chi connectivity index (χ1v) is 6.90. The molecule has 3 N–H and O–H groups in total. The Kier molecular flexibility index (Phi) is 7.04. The summed E-state index contributed by atoms with van der Waals surface area (Å²) in [6.07, 6.45) is 0.809. The van der Waals surface area contributed by atoms with Gasteiger partial charge in [0, 0.05) is 24.8 Å². The van der Waals surface area contributed by atoms with Crippen LogP contribution in [0, 0.1) is 0 Å². The Balaban J connectivity index is 2.81. The van der Waals surface area contributed by atoms with Crippen LogP contribution < -0.4 is 10.6 Å². The molecule has 0 aromatic heterocycles. The molecule has 0 fully saturated rings. The predicted octanol–water partition coefficient (Wildman–Crippen LogP) is 0.656. The number of ether oxygens (including phenoxy) is 1. The predicted molar refractivity (Wildman–Crippen MR) is 79.8 cm³/mol. The molecule has 1 rings (SSSR count). The molecule has 7 heteroatoms. The zero-order valence-electron chi connectivity index (χ0n) is 12.6. The number of hydrogen-bond donors (Lipinski definition) is 3. The van der Waals surface area contributed by atoms with Crippen LogP contribution in [0.2, 0.25) is 0 Å². The van der Waals surface area contributed by atoms with Crippen LogP contribution in [0.4, 0.5) is 0 Å². The number of benzene rings is 1. The fraction of sp³-hybridized carbons (Fsp3) is 0.400. The number of nitrogens with one attached hydrogen (secondary N) is 2. The Bertz CT molecular complexity index is 544. The zero-order valence-corrected chi connectivity index (χ0v) is 12.6. The maximum Gasteiger partial charge on any atom is 0.328 e. The maximum atomic E-state index is 12.1. The van der Waals surface area contributed by atoms with Gasteiger partial charge in [0.05, 0.1) is 6.61 Å². The van der Waals surface area contributed by atoms with E-state index in [1.54, 1.807) is 12.1 Å². The molecule has 22 heavy (non-hydrogen) atoms. The summed E-state index contributed by atoms with van der Waals surface area (Å²) in [7, 11) is 1.35. The van der Waals surface area contributed by atoms with Crippen LogP contribution in [-0.2, 0) is 9.53 Å². The third-order valence-electron chi connectivity index (χ3n) is 2.86. The number of methoxy groups -OCH3 is 1. The molecule has 0 saturated heterocycles. The van der Waals surface area contributed by atoms with E-state index in [2.05, 4.69) is 10.6 Å². The molecule has 7 nitrogen and oxygen atoms in total. The van der Waals surface area contributed by atoms with Gasteiger partial charge in [0.25, 0.3) is 11.8 Å². The fourth-order valence-electron chi connectivity index (χ4n) is 1.73. The molecule has 0 bridgehead atoms. The molecule has 0 spiro atoms. The minimum atomic E-state index is -1.19. The largest absolute Gasteiger partial charge is 0.480 e. The fourth-order valence-corrected chi connectivity index (χ4v) is 1.73. The Morgan fingerprint density at radius 3 is 2.41 bits per heavy atom. The van der Waals surface area contributed by atoms with Crippen molar-refractivity contribution in [2.75, 3.05) is 20.3 Å². The van der Waals surface area contributed by atoms with E-state index < -0.39 is 17.9 Å². The van der Waals surface area contributed by atoms with Gasteiger partial charge in [-0.3, -0.25) is 9.59 Å². The maximum absolute atomic E-state index is 12.1. The SMILES string of the molecule is CCCNC(=O)c1cccc(C(=O)NC(COC)C(=O)O)c1. The highest BCUT2D eigenvalue weighted by Crippen LogP contribution is 2.06. The second kappa shape index (κ2) is 8.78. The van der Waals surface area contributed by atoms with Gasteiger partial charge in [0.2, 0.25) is 0 Å². The third kappa shape index (κ3) is 5.17. The first kappa shape index (κ1) is 17.6. The van der Waals surface area contributed by atoms with E-state index in [0.717, 1.165) is 6.42 Å². The summed E-state index contributed by atoms with van der Waals surface area (Å²) in [6, 6.07) is 4.95. The van der Waals surface area contributed by atoms with Crippen molar-refractivity contribution >= 4 is 17.8 Å². The summed E-state index contributed by atoms with van der Waals surface area (Å²) in [5, 5.41) is 14.0. The van der Waals surface area contributed by atoms with Crippen molar-refractivity contribution in [1.29, 1.82) is 0 Å². The van der Waals surface area contributed by atoms with E-state index >= 15 is 0 Å². The summed E-state index contributed by atoms with van der Waals surface area (Å²) in [4.78, 5) is 34.9. The van der Waals surface area contributed by atoms with Gasteiger partial charge in [-0.2, -0.15) is 0 Å². The van der Waals surface area contributed by atoms with Crippen molar-refractivity contribution in [1.82, 2.24) is 10.6 Å². The van der Waals surface area contributed by atoms with E-state index in [9.17, 15) is 14.4 Å². The van der Waals surface area contributed by atoms with Gasteiger partial charge in [0.1, 0.15) is 0 Å². The molecule has 0 heterocycles. The van der Waals surface area contributed by atoms with E-state index in [1.165, 1.54) is 19.2 Å². The minimum absolute atomic E-state index is 0.141. The normalized spacial score (nSPS) is 11.5. The van der Waals surface area contributed by atoms with Crippen molar-refractivity contribution in [3.8, 4) is 0 Å². The van der Waals surface area contributed by atoms with Crippen LogP contribution in [0.5, 0.6) is 0 Å². The molecular weight excluding hydrogens is 288 g/mol. The smallest absolute Gasteiger partial charge is 0.328 e. The van der Waals surface area contributed by atoms with Crippen LogP contribution in [0.15, 0.2) is 24.3 Å². The summed E-state index contributed by atoms with van der Waals surface area (Å²) in [5.41, 5.74) is 0.561. The van der Waals surface area contributed by atoms with Crippen molar-refractivity contribution < 1.29 is 24.2 Å². The number of carbonyl (C=O) groups is 3. The Labute approximate surface area is 128 Å². The molecule has 1 aromatic rings. The molecule has 120 valence electrons. The van der Waals surface area contributed by atoms with Gasteiger partial charge < -0.3 is 20.5 Å². The highest BCUT2D eigenvalue weighted by Gasteiger charge is 2.20. The molecule has 0 aliphatic carbocycles. The molecule has 1 unspecified atom stereocenters. The van der Waals surface area contributed by atoms with E-state index in [4.69, 9.17) is 9.84 Å². The highest BCUT2D eigenvalue weighted by atomic mass is 16.5. The van der Waals surface area contributed by atoms with Crippen LogP contribution in [0.1, 0.15) is 34.1 Å². The third-order valence-corrected chi connectivity index (χ3v) is 2.86. The van der Waals surface area contributed by atoms with Crippen LogP contribution in [0.3, 0.4) is 0 Å². The average molecular weight is 308 g/mol. The van der Waals surface area contributed by atoms with Crippen LogP contribution >= 0.6 is 0 Å². The molecule has 1 aromatic carbocycles. The minimum Gasteiger partial charge on any atom is -0.480 e. The summed E-state index contributed by atoms with van der Waals surface area (Å²) < 4.78 is 4.75. The van der Waals surface area contributed by atoms with Gasteiger partial charge in [-0.25, -0.2) is 4.79 Å². The highest BCUT2D eigenvalue weighted by molar-refractivity contribution is 6.00. The number of carboxylic acid groups (broad SMARTS) is 1. The number of carboxylic acids is 1. The van der Waals surface area contributed by atoms with Crippen LogP contribution in [-0.4, -0.2) is 49.2 Å². The average Bonchev–Trinajstić information content (AvgIpc) is 2.52. The van der Waals surface area contributed by atoms with Gasteiger partial charge in [-0.15, -0.1) is 0 Å². The summed E-state index contributed by atoms with van der Waals surface area (Å²) in [5.74, 6) is -2.04. The lowest BCUT2D eigenvalue weighted by molar-refractivity contribution is -0.140. The van der Waals surface area contributed by atoms with Crippen molar-refractivity contribution in [2.45, 2.75) is 19.4 Å². The Morgan fingerprint density at radius 1 is 1.23 bits per heavy atom. The molecule has 1 atom stereocenters. The first-order valence-electron chi connectivity index (χ1n) is 6.90. The second-order valence-electron chi connectivity index (χ2n) is 4.66. The quantitative estimate of drug-likeness (QED) is 0.654. The summed E-state index contributed by atoms with van der Waals surface area (Å²) >= 11 is 0. The zero-order chi connectivity index (χ0) is 16.5.